The van der Waals surface area contributed by atoms with Crippen molar-refractivity contribution in [1.29, 1.82) is 0 Å². The Hall–Kier alpha value is -1.47. The first-order chi connectivity index (χ1) is 7.49. The summed E-state index contributed by atoms with van der Waals surface area (Å²) >= 11 is 6.07. The number of nitrogens with zero attached hydrogens (tertiary/aromatic N) is 1. The highest BCUT2D eigenvalue weighted by molar-refractivity contribution is 7.80. The van der Waals surface area contributed by atoms with Gasteiger partial charge in [0.15, 0.2) is 0 Å². The van der Waals surface area contributed by atoms with Crippen LogP contribution in [0.4, 0.5) is 0 Å². The average Bonchev–Trinajstić information content (AvgIpc) is 2.53. The number of nitrogens with one attached hydrogen (secondary N) is 1. The van der Waals surface area contributed by atoms with Crippen molar-refractivity contribution >= 4 is 38.8 Å². The number of aromatic amines is 1. The van der Waals surface area contributed by atoms with Gasteiger partial charge in [-0.15, -0.1) is 11.3 Å². The van der Waals surface area contributed by atoms with Crippen LogP contribution in [-0.2, 0) is 6.54 Å². The number of thiophene rings is 1. The van der Waals surface area contributed by atoms with Gasteiger partial charge < -0.3 is 5.73 Å². The Morgan fingerprint density at radius 1 is 1.62 bits per heavy atom. The Labute approximate surface area is 99.5 Å². The Balaban J connectivity index is 2.80. The van der Waals surface area contributed by atoms with Gasteiger partial charge in [0, 0.05) is 4.88 Å². The Kier molecular flexibility index (Phi) is 2.64. The molecule has 0 bridgehead atoms. The second kappa shape index (κ2) is 3.84. The summed E-state index contributed by atoms with van der Waals surface area (Å²) in [5, 5.41) is 0.498. The predicted molar refractivity (Wildman–Crippen MR) is 68.2 cm³/mol. The molecular weight excluding hydrogens is 246 g/mol. The summed E-state index contributed by atoms with van der Waals surface area (Å²) in [4.78, 5) is 27.8. The van der Waals surface area contributed by atoms with E-state index in [-0.39, 0.29) is 17.1 Å². The van der Waals surface area contributed by atoms with Crippen molar-refractivity contribution in [1.82, 2.24) is 9.55 Å². The largest absolute Gasteiger partial charge is 0.392 e. The number of nitrogens with two attached hydrogens (primary N) is 1. The lowest BCUT2D eigenvalue weighted by molar-refractivity contribution is 0.753. The van der Waals surface area contributed by atoms with Crippen LogP contribution in [0.3, 0.4) is 0 Å². The number of rotatable bonds is 2. The van der Waals surface area contributed by atoms with E-state index >= 15 is 0 Å². The van der Waals surface area contributed by atoms with Crippen LogP contribution in [0.25, 0.3) is 10.2 Å². The molecule has 0 saturated carbocycles. The molecule has 0 radical (unpaired) electrons. The van der Waals surface area contributed by atoms with Gasteiger partial charge in [-0.2, -0.15) is 0 Å². The molecule has 0 aliphatic rings. The van der Waals surface area contributed by atoms with Crippen LogP contribution in [0.15, 0.2) is 15.7 Å². The lowest BCUT2D eigenvalue weighted by atomic mass is 10.3. The molecule has 2 aromatic rings. The fourth-order valence-corrected chi connectivity index (χ4v) is 2.49. The smallest absolute Gasteiger partial charge is 0.329 e. The predicted octanol–water partition coefficient (Wildman–Crippen LogP) is 0.346. The molecule has 0 unspecified atom stereocenters. The third-order valence-corrected chi connectivity index (χ3v) is 3.21. The van der Waals surface area contributed by atoms with Crippen molar-refractivity contribution < 1.29 is 0 Å². The normalized spacial score (nSPS) is 10.8. The summed E-state index contributed by atoms with van der Waals surface area (Å²) in [7, 11) is 0. The zero-order chi connectivity index (χ0) is 11.9. The van der Waals surface area contributed by atoms with Gasteiger partial charge in [0.1, 0.15) is 4.83 Å². The van der Waals surface area contributed by atoms with Gasteiger partial charge in [-0.05, 0) is 13.0 Å². The van der Waals surface area contributed by atoms with E-state index in [9.17, 15) is 9.59 Å². The third-order valence-electron chi connectivity index (χ3n) is 2.11. The Bertz CT molecular complexity index is 680. The van der Waals surface area contributed by atoms with E-state index in [1.807, 2.05) is 6.92 Å². The molecule has 84 valence electrons. The van der Waals surface area contributed by atoms with Crippen molar-refractivity contribution in [3.63, 3.8) is 0 Å². The number of thiocarbonyl (C=S) groups is 1. The maximum absolute atomic E-state index is 11.9. The topological polar surface area (TPSA) is 80.9 Å². The van der Waals surface area contributed by atoms with Crippen LogP contribution < -0.4 is 17.0 Å². The van der Waals surface area contributed by atoms with Crippen molar-refractivity contribution in [3.8, 4) is 0 Å². The summed E-state index contributed by atoms with van der Waals surface area (Å²) in [5.74, 6) is 0. The fourth-order valence-electron chi connectivity index (χ4n) is 1.47. The Morgan fingerprint density at radius 2 is 2.31 bits per heavy atom. The molecule has 0 spiro atoms. The summed E-state index contributed by atoms with van der Waals surface area (Å²) in [6, 6.07) is 1.74. The summed E-state index contributed by atoms with van der Waals surface area (Å²) in [6.07, 6.45) is 0. The van der Waals surface area contributed by atoms with Crippen LogP contribution in [0.1, 0.15) is 4.88 Å². The van der Waals surface area contributed by atoms with Crippen LogP contribution in [0.2, 0.25) is 0 Å². The van der Waals surface area contributed by atoms with Gasteiger partial charge in [0.25, 0.3) is 5.56 Å². The molecule has 3 N–H and O–H groups in total. The number of hydrogen-bond donors (Lipinski definition) is 2. The number of H-pyrrole nitrogens is 1. The SMILES string of the molecule is Cc1cc2c(=O)n(CC(N)=S)c(=O)[nH]c2s1. The summed E-state index contributed by atoms with van der Waals surface area (Å²) in [5.41, 5.74) is 4.50. The van der Waals surface area contributed by atoms with Crippen molar-refractivity contribution in [3.05, 3.63) is 31.8 Å². The molecule has 2 heterocycles. The van der Waals surface area contributed by atoms with Gasteiger partial charge >= 0.3 is 5.69 Å². The van der Waals surface area contributed by atoms with Crippen LogP contribution >= 0.6 is 23.6 Å². The quantitative estimate of drug-likeness (QED) is 0.759. The minimum absolute atomic E-state index is 0.0334. The number of aromatic nitrogens is 2. The first-order valence-corrected chi connectivity index (χ1v) is 5.73. The van der Waals surface area contributed by atoms with E-state index in [0.717, 1.165) is 9.44 Å². The molecule has 0 saturated heterocycles. The monoisotopic (exact) mass is 255 g/mol. The molecule has 0 atom stereocenters. The van der Waals surface area contributed by atoms with Gasteiger partial charge in [0.05, 0.1) is 16.9 Å². The van der Waals surface area contributed by atoms with Crippen molar-refractivity contribution in [2.45, 2.75) is 13.5 Å². The molecule has 0 fully saturated rings. The summed E-state index contributed by atoms with van der Waals surface area (Å²) < 4.78 is 1.01. The molecule has 7 heteroatoms. The average molecular weight is 255 g/mol. The van der Waals surface area contributed by atoms with Crippen LogP contribution in [0.5, 0.6) is 0 Å². The van der Waals surface area contributed by atoms with Gasteiger partial charge in [-0.1, -0.05) is 12.2 Å². The van der Waals surface area contributed by atoms with Crippen LogP contribution in [-0.4, -0.2) is 14.5 Å². The second-order valence-corrected chi connectivity index (χ2v) is 5.17. The molecule has 5 nitrogen and oxygen atoms in total. The molecule has 2 rings (SSSR count). The molecule has 0 aliphatic carbocycles. The lowest BCUT2D eigenvalue weighted by Gasteiger charge is -2.01. The highest BCUT2D eigenvalue weighted by atomic mass is 32.1. The Morgan fingerprint density at radius 3 is 2.94 bits per heavy atom. The standard InChI is InChI=1S/C9H9N3O2S2/c1-4-2-5-7(16-4)11-9(14)12(8(5)13)3-6(10)15/h2H,3H2,1H3,(H2,10,15)(H,11,14). The fraction of sp³-hybridized carbons (Fsp3) is 0.222. The van der Waals surface area contributed by atoms with E-state index in [1.54, 1.807) is 6.07 Å². The molecular formula is C9H9N3O2S2. The number of hydrogen-bond acceptors (Lipinski definition) is 4. The zero-order valence-electron chi connectivity index (χ0n) is 8.44. The van der Waals surface area contributed by atoms with Crippen molar-refractivity contribution in [2.75, 3.05) is 0 Å². The first kappa shape index (κ1) is 11.0. The second-order valence-electron chi connectivity index (χ2n) is 3.39. The van der Waals surface area contributed by atoms with Gasteiger partial charge in [0.2, 0.25) is 0 Å². The third kappa shape index (κ3) is 1.79. The van der Waals surface area contributed by atoms with E-state index in [2.05, 4.69) is 4.98 Å². The lowest BCUT2D eigenvalue weighted by Crippen LogP contribution is -2.38. The minimum atomic E-state index is -0.479. The summed E-state index contributed by atoms with van der Waals surface area (Å²) in [6.45, 7) is 1.84. The van der Waals surface area contributed by atoms with E-state index in [1.165, 1.54) is 11.3 Å². The van der Waals surface area contributed by atoms with Crippen molar-refractivity contribution in [2.24, 2.45) is 5.73 Å². The molecule has 0 aromatic carbocycles. The van der Waals surface area contributed by atoms with E-state index in [0.29, 0.717) is 10.2 Å². The number of fused-ring (bicyclic) bond motifs is 1. The molecule has 0 aliphatic heterocycles. The first-order valence-electron chi connectivity index (χ1n) is 4.50. The highest BCUT2D eigenvalue weighted by Gasteiger charge is 2.10. The zero-order valence-corrected chi connectivity index (χ0v) is 10.1. The number of aryl methyl sites for hydroxylation is 1. The van der Waals surface area contributed by atoms with E-state index in [4.69, 9.17) is 18.0 Å². The maximum atomic E-state index is 11.9. The van der Waals surface area contributed by atoms with Gasteiger partial charge in [-0.25, -0.2) is 4.79 Å². The minimum Gasteiger partial charge on any atom is -0.392 e. The maximum Gasteiger partial charge on any atom is 0.329 e. The van der Waals surface area contributed by atoms with Gasteiger partial charge in [-0.3, -0.25) is 14.3 Å². The van der Waals surface area contributed by atoms with Crippen LogP contribution in [0, 0.1) is 6.92 Å². The van der Waals surface area contributed by atoms with E-state index < -0.39 is 5.69 Å². The molecule has 2 aromatic heterocycles. The molecule has 0 amide bonds. The molecule has 16 heavy (non-hydrogen) atoms. The highest BCUT2D eigenvalue weighted by Crippen LogP contribution is 2.18.